The molecule has 0 aromatic heterocycles. The van der Waals surface area contributed by atoms with Crippen LogP contribution in [0.15, 0.2) is 18.2 Å². The molecular formula is C15H23ClN2. The Labute approximate surface area is 115 Å². The van der Waals surface area contributed by atoms with Crippen molar-refractivity contribution in [3.8, 4) is 0 Å². The van der Waals surface area contributed by atoms with E-state index in [4.69, 9.17) is 11.6 Å². The monoisotopic (exact) mass is 266 g/mol. The fourth-order valence-corrected chi connectivity index (χ4v) is 2.84. The van der Waals surface area contributed by atoms with Gasteiger partial charge in [-0.05, 0) is 43.5 Å². The number of rotatable bonds is 4. The van der Waals surface area contributed by atoms with Crippen LogP contribution in [0.1, 0.15) is 25.8 Å². The van der Waals surface area contributed by atoms with Crippen molar-refractivity contribution in [2.75, 3.05) is 24.5 Å². The summed E-state index contributed by atoms with van der Waals surface area (Å²) in [7, 11) is 0. The summed E-state index contributed by atoms with van der Waals surface area (Å²) in [5.74, 6) is 0.741. The second-order valence-electron chi connectivity index (χ2n) is 5.62. The summed E-state index contributed by atoms with van der Waals surface area (Å²) in [6.45, 7) is 9.81. The molecule has 1 aromatic rings. The van der Waals surface area contributed by atoms with Gasteiger partial charge in [-0.15, -0.1) is 0 Å². The Hall–Kier alpha value is -0.730. The summed E-state index contributed by atoms with van der Waals surface area (Å²) in [5, 5.41) is 4.41. The summed E-state index contributed by atoms with van der Waals surface area (Å²) < 4.78 is 0. The maximum Gasteiger partial charge on any atom is 0.0642 e. The van der Waals surface area contributed by atoms with Crippen LogP contribution in [0.25, 0.3) is 0 Å². The highest BCUT2D eigenvalue weighted by molar-refractivity contribution is 6.33. The average Bonchev–Trinajstić information content (AvgIpc) is 2.75. The number of nitrogens with one attached hydrogen (secondary N) is 1. The maximum atomic E-state index is 6.33. The van der Waals surface area contributed by atoms with Gasteiger partial charge in [-0.1, -0.05) is 31.5 Å². The number of hydrogen-bond acceptors (Lipinski definition) is 2. The first-order valence-corrected chi connectivity index (χ1v) is 7.18. The van der Waals surface area contributed by atoms with Crippen molar-refractivity contribution in [2.24, 2.45) is 5.92 Å². The van der Waals surface area contributed by atoms with E-state index in [1.807, 2.05) is 0 Å². The molecule has 1 unspecified atom stereocenters. The van der Waals surface area contributed by atoms with Gasteiger partial charge >= 0.3 is 0 Å². The van der Waals surface area contributed by atoms with Gasteiger partial charge in [-0.3, -0.25) is 0 Å². The van der Waals surface area contributed by atoms with Crippen LogP contribution in [-0.2, 0) is 0 Å². The van der Waals surface area contributed by atoms with E-state index in [0.29, 0.717) is 6.04 Å². The van der Waals surface area contributed by atoms with Crippen LogP contribution in [0.2, 0.25) is 5.02 Å². The van der Waals surface area contributed by atoms with Crippen molar-refractivity contribution < 1.29 is 0 Å². The summed E-state index contributed by atoms with van der Waals surface area (Å²) in [6.07, 6.45) is 1.25. The number of halogens is 1. The molecule has 2 nitrogen and oxygen atoms in total. The Morgan fingerprint density at radius 3 is 2.89 bits per heavy atom. The van der Waals surface area contributed by atoms with Gasteiger partial charge in [0.25, 0.3) is 0 Å². The third-order valence-electron chi connectivity index (χ3n) is 3.54. The molecule has 0 aliphatic carbocycles. The lowest BCUT2D eigenvalue weighted by Crippen LogP contribution is -2.30. The van der Waals surface area contributed by atoms with Gasteiger partial charge < -0.3 is 10.2 Å². The Kier molecular flexibility index (Phi) is 4.52. The highest BCUT2D eigenvalue weighted by atomic mass is 35.5. The van der Waals surface area contributed by atoms with Crippen LogP contribution in [0.5, 0.6) is 0 Å². The number of nitrogens with zero attached hydrogens (tertiary/aromatic N) is 1. The molecule has 100 valence electrons. The van der Waals surface area contributed by atoms with Crippen molar-refractivity contribution in [1.82, 2.24) is 5.32 Å². The highest BCUT2D eigenvalue weighted by Gasteiger charge is 2.23. The number of benzene rings is 1. The van der Waals surface area contributed by atoms with Crippen molar-refractivity contribution in [3.63, 3.8) is 0 Å². The van der Waals surface area contributed by atoms with Gasteiger partial charge in [0, 0.05) is 19.1 Å². The minimum atomic E-state index is 0.571. The molecule has 1 atom stereocenters. The Morgan fingerprint density at radius 2 is 2.22 bits per heavy atom. The lowest BCUT2D eigenvalue weighted by atomic mass is 10.1. The van der Waals surface area contributed by atoms with E-state index < -0.39 is 0 Å². The van der Waals surface area contributed by atoms with Gasteiger partial charge in [0.05, 0.1) is 10.7 Å². The fourth-order valence-electron chi connectivity index (χ4n) is 2.49. The van der Waals surface area contributed by atoms with E-state index in [2.05, 4.69) is 49.2 Å². The molecule has 2 rings (SSSR count). The molecule has 18 heavy (non-hydrogen) atoms. The van der Waals surface area contributed by atoms with Gasteiger partial charge in [0.15, 0.2) is 0 Å². The molecule has 0 saturated carbocycles. The summed E-state index contributed by atoms with van der Waals surface area (Å²) in [6, 6.07) is 6.91. The summed E-state index contributed by atoms with van der Waals surface area (Å²) >= 11 is 6.33. The van der Waals surface area contributed by atoms with Gasteiger partial charge in [0.2, 0.25) is 0 Å². The van der Waals surface area contributed by atoms with Gasteiger partial charge in [-0.25, -0.2) is 0 Å². The minimum Gasteiger partial charge on any atom is -0.370 e. The zero-order chi connectivity index (χ0) is 13.1. The molecule has 1 fully saturated rings. The standard InChI is InChI=1S/C15H23ClN2/c1-11(2)17-9-13-6-7-18(10-13)15-5-4-12(3)8-14(15)16/h4-5,8,11,13,17H,6-7,9-10H2,1-3H3. The number of anilines is 1. The summed E-state index contributed by atoms with van der Waals surface area (Å²) in [4.78, 5) is 2.41. The smallest absolute Gasteiger partial charge is 0.0642 e. The van der Waals surface area contributed by atoms with Crippen LogP contribution < -0.4 is 10.2 Å². The van der Waals surface area contributed by atoms with E-state index in [1.54, 1.807) is 0 Å². The van der Waals surface area contributed by atoms with Crippen LogP contribution in [0.4, 0.5) is 5.69 Å². The quantitative estimate of drug-likeness (QED) is 0.898. The number of aryl methyl sites for hydroxylation is 1. The predicted molar refractivity (Wildman–Crippen MR) is 79.6 cm³/mol. The van der Waals surface area contributed by atoms with E-state index in [0.717, 1.165) is 30.6 Å². The molecule has 1 N–H and O–H groups in total. The molecule has 1 aliphatic rings. The second kappa shape index (κ2) is 5.94. The molecular weight excluding hydrogens is 244 g/mol. The molecule has 0 bridgehead atoms. The maximum absolute atomic E-state index is 6.33. The molecule has 1 aromatic carbocycles. The average molecular weight is 267 g/mol. The first-order valence-electron chi connectivity index (χ1n) is 6.80. The van der Waals surface area contributed by atoms with Gasteiger partial charge in [-0.2, -0.15) is 0 Å². The summed E-state index contributed by atoms with van der Waals surface area (Å²) in [5.41, 5.74) is 2.41. The third-order valence-corrected chi connectivity index (χ3v) is 3.85. The Bertz CT molecular complexity index is 403. The molecule has 3 heteroatoms. The lowest BCUT2D eigenvalue weighted by molar-refractivity contribution is 0.480. The molecule has 1 heterocycles. The highest BCUT2D eigenvalue weighted by Crippen LogP contribution is 2.30. The van der Waals surface area contributed by atoms with Crippen molar-refractivity contribution in [1.29, 1.82) is 0 Å². The zero-order valence-corrected chi connectivity index (χ0v) is 12.3. The first-order chi connectivity index (χ1) is 8.56. The van der Waals surface area contributed by atoms with E-state index in [1.165, 1.54) is 17.7 Å². The topological polar surface area (TPSA) is 15.3 Å². The fraction of sp³-hybridized carbons (Fsp3) is 0.600. The van der Waals surface area contributed by atoms with Crippen LogP contribution in [0, 0.1) is 12.8 Å². The van der Waals surface area contributed by atoms with Crippen LogP contribution >= 0.6 is 11.6 Å². The first kappa shape index (κ1) is 13.7. The number of hydrogen-bond donors (Lipinski definition) is 1. The molecule has 1 aliphatic heterocycles. The van der Waals surface area contributed by atoms with Crippen molar-refractivity contribution in [3.05, 3.63) is 28.8 Å². The van der Waals surface area contributed by atoms with E-state index >= 15 is 0 Å². The zero-order valence-electron chi connectivity index (χ0n) is 11.5. The molecule has 0 spiro atoms. The van der Waals surface area contributed by atoms with Crippen LogP contribution in [-0.4, -0.2) is 25.7 Å². The normalized spacial score (nSPS) is 19.8. The Morgan fingerprint density at radius 1 is 1.44 bits per heavy atom. The molecule has 1 saturated heterocycles. The Balaban J connectivity index is 1.95. The van der Waals surface area contributed by atoms with Crippen LogP contribution in [0.3, 0.4) is 0 Å². The van der Waals surface area contributed by atoms with Crippen molar-refractivity contribution >= 4 is 17.3 Å². The SMILES string of the molecule is Cc1ccc(N2CCC(CNC(C)C)C2)c(Cl)c1. The molecule has 0 amide bonds. The van der Waals surface area contributed by atoms with E-state index in [-0.39, 0.29) is 0 Å². The van der Waals surface area contributed by atoms with E-state index in [9.17, 15) is 0 Å². The lowest BCUT2D eigenvalue weighted by Gasteiger charge is -2.21. The predicted octanol–water partition coefficient (Wildman–Crippen LogP) is 3.47. The van der Waals surface area contributed by atoms with Gasteiger partial charge in [0.1, 0.15) is 0 Å². The minimum absolute atomic E-state index is 0.571. The second-order valence-corrected chi connectivity index (χ2v) is 6.03. The third kappa shape index (κ3) is 3.39. The molecule has 0 radical (unpaired) electrons. The largest absolute Gasteiger partial charge is 0.370 e. The van der Waals surface area contributed by atoms with Crippen molar-refractivity contribution in [2.45, 2.75) is 33.2 Å².